The van der Waals surface area contributed by atoms with Gasteiger partial charge in [0, 0.05) is 25.6 Å². The zero-order valence-corrected chi connectivity index (χ0v) is 12.0. The van der Waals surface area contributed by atoms with Crippen molar-refractivity contribution in [3.63, 3.8) is 0 Å². The highest BCUT2D eigenvalue weighted by Gasteiger charge is 2.22. The van der Waals surface area contributed by atoms with Crippen molar-refractivity contribution in [3.05, 3.63) is 5.89 Å². The summed E-state index contributed by atoms with van der Waals surface area (Å²) in [5, 5.41) is 8.21. The lowest BCUT2D eigenvalue weighted by Gasteiger charge is -2.30. The van der Waals surface area contributed by atoms with Crippen LogP contribution in [0.4, 0.5) is 6.01 Å². The molecule has 0 bridgehead atoms. The van der Waals surface area contributed by atoms with Crippen LogP contribution in [0.5, 0.6) is 0 Å². The summed E-state index contributed by atoms with van der Waals surface area (Å²) in [4.78, 5) is 2.23. The van der Waals surface area contributed by atoms with Crippen LogP contribution in [0.1, 0.15) is 46.4 Å². The van der Waals surface area contributed by atoms with Crippen LogP contribution in [0.15, 0.2) is 4.42 Å². The lowest BCUT2D eigenvalue weighted by Crippen LogP contribution is -2.37. The molecule has 0 radical (unpaired) electrons. The predicted molar refractivity (Wildman–Crippen MR) is 73.6 cm³/mol. The van der Waals surface area contributed by atoms with Gasteiger partial charge in [-0.05, 0) is 18.8 Å². The van der Waals surface area contributed by atoms with E-state index in [-0.39, 0.29) is 0 Å². The van der Waals surface area contributed by atoms with Crippen LogP contribution in [-0.4, -0.2) is 29.3 Å². The Hall–Kier alpha value is -1.10. The number of nitrogens with two attached hydrogens (primary N) is 1. The molecule has 1 aromatic heterocycles. The maximum atomic E-state index is 5.70. The molecule has 0 aliphatic carbocycles. The van der Waals surface area contributed by atoms with Gasteiger partial charge in [0.05, 0.1) is 0 Å². The van der Waals surface area contributed by atoms with E-state index in [9.17, 15) is 0 Å². The van der Waals surface area contributed by atoms with Crippen LogP contribution in [0.3, 0.4) is 0 Å². The summed E-state index contributed by atoms with van der Waals surface area (Å²) in [5.41, 5.74) is 5.50. The fraction of sp³-hybridized carbons (Fsp3) is 0.846. The van der Waals surface area contributed by atoms with Crippen molar-refractivity contribution in [1.29, 1.82) is 0 Å². The van der Waals surface area contributed by atoms with Crippen molar-refractivity contribution >= 4 is 6.01 Å². The molecular weight excluding hydrogens is 228 g/mol. The maximum absolute atomic E-state index is 5.70. The number of anilines is 1. The molecule has 0 aliphatic rings. The van der Waals surface area contributed by atoms with E-state index in [1.807, 2.05) is 0 Å². The molecule has 1 heterocycles. The Morgan fingerprint density at radius 2 is 1.89 bits per heavy atom. The van der Waals surface area contributed by atoms with E-state index < -0.39 is 0 Å². The van der Waals surface area contributed by atoms with E-state index in [0.29, 0.717) is 36.8 Å². The quantitative estimate of drug-likeness (QED) is 0.770. The van der Waals surface area contributed by atoms with Crippen LogP contribution in [0.25, 0.3) is 0 Å². The van der Waals surface area contributed by atoms with E-state index >= 15 is 0 Å². The van der Waals surface area contributed by atoms with Gasteiger partial charge in [0.1, 0.15) is 0 Å². The number of nitrogens with zero attached hydrogens (tertiary/aromatic N) is 3. The van der Waals surface area contributed by atoms with E-state index in [1.165, 1.54) is 0 Å². The highest BCUT2D eigenvalue weighted by molar-refractivity contribution is 5.26. The van der Waals surface area contributed by atoms with Crippen molar-refractivity contribution in [1.82, 2.24) is 10.2 Å². The van der Waals surface area contributed by atoms with Gasteiger partial charge in [0.25, 0.3) is 0 Å². The van der Waals surface area contributed by atoms with Gasteiger partial charge in [-0.1, -0.05) is 32.8 Å². The molecule has 18 heavy (non-hydrogen) atoms. The first-order valence-corrected chi connectivity index (χ1v) is 6.91. The van der Waals surface area contributed by atoms with Crippen molar-refractivity contribution in [2.24, 2.45) is 11.7 Å². The lowest BCUT2D eigenvalue weighted by molar-refractivity contribution is 0.430. The van der Waals surface area contributed by atoms with Gasteiger partial charge in [0.15, 0.2) is 0 Å². The normalized spacial score (nSPS) is 11.5. The fourth-order valence-electron chi connectivity index (χ4n) is 2.09. The number of rotatable bonds is 8. The standard InChI is InChI=1S/C13H26N4O/c1-5-11(6-2)17(9-10(3)4)13-16-15-12(18-13)7-8-14/h10-11H,5-9,14H2,1-4H3. The Morgan fingerprint density at radius 1 is 1.22 bits per heavy atom. The zero-order chi connectivity index (χ0) is 13.5. The summed E-state index contributed by atoms with van der Waals surface area (Å²) >= 11 is 0. The number of hydrogen-bond donors (Lipinski definition) is 1. The Bertz CT molecular complexity index is 333. The summed E-state index contributed by atoms with van der Waals surface area (Å²) in [5.74, 6) is 1.20. The van der Waals surface area contributed by atoms with Gasteiger partial charge >= 0.3 is 6.01 Å². The molecule has 1 rings (SSSR count). The fourth-order valence-corrected chi connectivity index (χ4v) is 2.09. The van der Waals surface area contributed by atoms with Gasteiger partial charge in [0.2, 0.25) is 5.89 Å². The highest BCUT2D eigenvalue weighted by atomic mass is 16.4. The average molecular weight is 254 g/mol. The van der Waals surface area contributed by atoms with Gasteiger partial charge in [-0.15, -0.1) is 5.10 Å². The minimum atomic E-state index is 0.457. The number of hydrogen-bond acceptors (Lipinski definition) is 5. The Balaban J connectivity index is 2.85. The van der Waals surface area contributed by atoms with Crippen molar-refractivity contribution in [2.45, 2.75) is 53.0 Å². The van der Waals surface area contributed by atoms with Crippen molar-refractivity contribution < 1.29 is 4.42 Å². The molecule has 0 aliphatic heterocycles. The first-order valence-electron chi connectivity index (χ1n) is 6.91. The van der Waals surface area contributed by atoms with Gasteiger partial charge in [-0.2, -0.15) is 0 Å². The third kappa shape index (κ3) is 3.98. The van der Waals surface area contributed by atoms with Crippen LogP contribution >= 0.6 is 0 Å². The number of aromatic nitrogens is 2. The summed E-state index contributed by atoms with van der Waals surface area (Å²) in [6.45, 7) is 10.3. The second kappa shape index (κ2) is 7.36. The summed E-state index contributed by atoms with van der Waals surface area (Å²) in [7, 11) is 0. The van der Waals surface area contributed by atoms with Gasteiger partial charge < -0.3 is 15.1 Å². The first-order chi connectivity index (χ1) is 8.62. The topological polar surface area (TPSA) is 68.2 Å². The molecule has 5 heteroatoms. The predicted octanol–water partition coefficient (Wildman–Crippen LogP) is 2.22. The minimum Gasteiger partial charge on any atom is -0.408 e. The minimum absolute atomic E-state index is 0.457. The van der Waals surface area contributed by atoms with Crippen LogP contribution in [-0.2, 0) is 6.42 Å². The smallest absolute Gasteiger partial charge is 0.318 e. The summed E-state index contributed by atoms with van der Waals surface area (Å²) in [6.07, 6.45) is 2.81. The molecular formula is C13H26N4O. The Labute approximate surface area is 110 Å². The average Bonchev–Trinajstić information content (AvgIpc) is 2.78. The van der Waals surface area contributed by atoms with E-state index in [1.54, 1.807) is 0 Å². The second-order valence-electron chi connectivity index (χ2n) is 5.03. The molecule has 5 nitrogen and oxygen atoms in total. The molecule has 0 spiro atoms. The third-order valence-electron chi connectivity index (χ3n) is 3.01. The Kier molecular flexibility index (Phi) is 6.12. The molecule has 0 fully saturated rings. The second-order valence-corrected chi connectivity index (χ2v) is 5.03. The highest BCUT2D eigenvalue weighted by Crippen LogP contribution is 2.20. The largest absolute Gasteiger partial charge is 0.408 e. The molecule has 0 unspecified atom stereocenters. The molecule has 1 aromatic rings. The van der Waals surface area contributed by atoms with Crippen molar-refractivity contribution in [3.8, 4) is 0 Å². The molecule has 0 atom stereocenters. The van der Waals surface area contributed by atoms with E-state index in [2.05, 4.69) is 42.8 Å². The maximum Gasteiger partial charge on any atom is 0.318 e. The summed E-state index contributed by atoms with van der Waals surface area (Å²) < 4.78 is 5.70. The SMILES string of the molecule is CCC(CC)N(CC(C)C)c1nnc(CCN)o1. The van der Waals surface area contributed by atoms with Crippen molar-refractivity contribution in [2.75, 3.05) is 18.0 Å². The van der Waals surface area contributed by atoms with E-state index in [4.69, 9.17) is 10.2 Å². The molecule has 0 saturated carbocycles. The molecule has 2 N–H and O–H groups in total. The van der Waals surface area contributed by atoms with Crippen LogP contribution in [0.2, 0.25) is 0 Å². The van der Waals surface area contributed by atoms with Gasteiger partial charge in [-0.3, -0.25) is 0 Å². The molecule has 0 aromatic carbocycles. The van der Waals surface area contributed by atoms with Gasteiger partial charge in [-0.25, -0.2) is 0 Å². The first kappa shape index (κ1) is 15.0. The molecule has 0 saturated heterocycles. The monoisotopic (exact) mass is 254 g/mol. The lowest BCUT2D eigenvalue weighted by atomic mass is 10.1. The summed E-state index contributed by atoms with van der Waals surface area (Å²) in [6, 6.07) is 1.10. The van der Waals surface area contributed by atoms with E-state index in [0.717, 1.165) is 19.4 Å². The van der Waals surface area contributed by atoms with Crippen LogP contribution in [0, 0.1) is 5.92 Å². The molecule has 0 amide bonds. The zero-order valence-electron chi connectivity index (χ0n) is 12.0. The third-order valence-corrected chi connectivity index (χ3v) is 3.01. The van der Waals surface area contributed by atoms with Crippen LogP contribution < -0.4 is 10.6 Å². The molecule has 104 valence electrons. The Morgan fingerprint density at radius 3 is 2.39 bits per heavy atom.